The molecule has 2 N–H and O–H groups in total. The second-order valence-electron chi connectivity index (χ2n) is 7.41. The zero-order valence-corrected chi connectivity index (χ0v) is 17.1. The molecule has 0 unspecified atom stereocenters. The number of ether oxygens (including phenoxy) is 2. The lowest BCUT2D eigenvalue weighted by atomic mass is 9.58. The molecule has 1 heterocycles. The van der Waals surface area contributed by atoms with Crippen LogP contribution in [0, 0.1) is 45.3 Å². The molecule has 1 aromatic carbocycles. The monoisotopic (exact) mass is 401 g/mol. The van der Waals surface area contributed by atoms with Gasteiger partial charge in [-0.2, -0.15) is 15.8 Å². The molecule has 3 rings (SSSR count). The Bertz CT molecular complexity index is 1040. The van der Waals surface area contributed by atoms with E-state index >= 15 is 0 Å². The summed E-state index contributed by atoms with van der Waals surface area (Å²) in [4.78, 5) is 2.09. The molecule has 0 amide bonds. The van der Waals surface area contributed by atoms with Gasteiger partial charge in [-0.3, -0.25) is 0 Å². The van der Waals surface area contributed by atoms with E-state index < -0.39 is 11.3 Å². The Hall–Kier alpha value is -3.73. The van der Waals surface area contributed by atoms with Crippen LogP contribution in [0.5, 0.6) is 11.5 Å². The van der Waals surface area contributed by atoms with Gasteiger partial charge >= 0.3 is 0 Å². The van der Waals surface area contributed by atoms with Crippen LogP contribution in [0.15, 0.2) is 53.8 Å². The highest BCUT2D eigenvalue weighted by Crippen LogP contribution is 2.54. The largest absolute Gasteiger partial charge is 0.493 e. The normalized spacial score (nSPS) is 22.6. The number of likely N-dealkylation sites (N-methyl/N-ethyl adjacent to an activating group) is 1. The smallest absolute Gasteiger partial charge is 0.191 e. The predicted molar refractivity (Wildman–Crippen MR) is 111 cm³/mol. The van der Waals surface area contributed by atoms with Gasteiger partial charge < -0.3 is 20.1 Å². The minimum Gasteiger partial charge on any atom is -0.493 e. The Balaban J connectivity index is 2.25. The third-order valence-corrected chi connectivity index (χ3v) is 5.75. The molecule has 2 atom stereocenters. The number of nitrogens with zero attached hydrogens (tertiary/aromatic N) is 4. The van der Waals surface area contributed by atoms with Crippen molar-refractivity contribution in [3.63, 3.8) is 0 Å². The van der Waals surface area contributed by atoms with Crippen molar-refractivity contribution in [2.75, 3.05) is 33.9 Å². The molecule has 0 saturated carbocycles. The fraction of sp³-hybridized carbons (Fsp3) is 0.348. The van der Waals surface area contributed by atoms with E-state index in [4.69, 9.17) is 15.2 Å². The van der Waals surface area contributed by atoms with Gasteiger partial charge in [0.15, 0.2) is 16.9 Å². The quantitative estimate of drug-likeness (QED) is 0.753. The lowest BCUT2D eigenvalue weighted by molar-refractivity contribution is 0.237. The van der Waals surface area contributed by atoms with Gasteiger partial charge in [-0.25, -0.2) is 0 Å². The van der Waals surface area contributed by atoms with E-state index in [9.17, 15) is 15.8 Å². The molecule has 2 aliphatic rings. The van der Waals surface area contributed by atoms with E-state index in [-0.39, 0.29) is 17.2 Å². The van der Waals surface area contributed by atoms with Crippen LogP contribution in [-0.4, -0.2) is 38.8 Å². The highest BCUT2D eigenvalue weighted by Gasteiger charge is 2.54. The minimum atomic E-state index is -1.67. The van der Waals surface area contributed by atoms with Crippen LogP contribution in [0.1, 0.15) is 11.5 Å². The summed E-state index contributed by atoms with van der Waals surface area (Å²) in [7, 11) is 3.50. The van der Waals surface area contributed by atoms with E-state index in [0.29, 0.717) is 31.2 Å². The van der Waals surface area contributed by atoms with Gasteiger partial charge in [-0.05, 0) is 30.3 Å². The zero-order chi connectivity index (χ0) is 21.9. The minimum absolute atomic E-state index is 0.0120. The van der Waals surface area contributed by atoms with E-state index in [0.717, 1.165) is 11.1 Å². The first-order valence-corrected chi connectivity index (χ1v) is 9.50. The Morgan fingerprint density at radius 2 is 2.03 bits per heavy atom. The number of rotatable bonds is 5. The van der Waals surface area contributed by atoms with Crippen molar-refractivity contribution < 1.29 is 9.47 Å². The average molecular weight is 401 g/mol. The van der Waals surface area contributed by atoms with Crippen LogP contribution in [0.2, 0.25) is 0 Å². The molecule has 0 radical (unpaired) electrons. The maximum absolute atomic E-state index is 10.1. The van der Waals surface area contributed by atoms with E-state index in [2.05, 4.69) is 29.7 Å². The third-order valence-electron chi connectivity index (χ3n) is 5.75. The summed E-state index contributed by atoms with van der Waals surface area (Å²) in [6.07, 6.45) is 3.60. The molecule has 152 valence electrons. The van der Waals surface area contributed by atoms with Crippen LogP contribution in [0.25, 0.3) is 0 Å². The first-order valence-electron chi connectivity index (χ1n) is 9.50. The predicted octanol–water partition coefficient (Wildman–Crippen LogP) is 2.62. The Kier molecular flexibility index (Phi) is 5.83. The second-order valence-corrected chi connectivity index (χ2v) is 7.41. The summed E-state index contributed by atoms with van der Waals surface area (Å²) < 4.78 is 11.1. The van der Waals surface area contributed by atoms with Crippen molar-refractivity contribution in [2.45, 2.75) is 5.92 Å². The highest BCUT2D eigenvalue weighted by atomic mass is 16.5. The van der Waals surface area contributed by atoms with Crippen LogP contribution in [-0.2, 0) is 0 Å². The molecule has 30 heavy (non-hydrogen) atoms. The van der Waals surface area contributed by atoms with Crippen molar-refractivity contribution in [3.8, 4) is 29.7 Å². The topological polar surface area (TPSA) is 119 Å². The van der Waals surface area contributed by atoms with Crippen molar-refractivity contribution >= 4 is 0 Å². The summed E-state index contributed by atoms with van der Waals surface area (Å²) in [6.45, 7) is 5.23. The molecule has 0 fully saturated rings. The maximum atomic E-state index is 10.1. The second kappa shape index (κ2) is 8.33. The number of nitriles is 3. The van der Waals surface area contributed by atoms with Crippen molar-refractivity contribution in [1.29, 1.82) is 15.8 Å². The van der Waals surface area contributed by atoms with Gasteiger partial charge in [-0.15, -0.1) is 0 Å². The van der Waals surface area contributed by atoms with Gasteiger partial charge in [0.2, 0.25) is 0 Å². The van der Waals surface area contributed by atoms with Crippen LogP contribution < -0.4 is 15.2 Å². The molecule has 1 aliphatic heterocycles. The lowest BCUT2D eigenvalue weighted by Crippen LogP contribution is -2.47. The summed E-state index contributed by atoms with van der Waals surface area (Å²) in [6, 6.07) is 11.8. The molecule has 0 saturated heterocycles. The average Bonchev–Trinajstić information content (AvgIpc) is 2.77. The summed E-state index contributed by atoms with van der Waals surface area (Å²) >= 11 is 0. The Labute approximate surface area is 176 Å². The third kappa shape index (κ3) is 3.18. The molecular formula is C23H23N5O2. The van der Waals surface area contributed by atoms with E-state index in [1.165, 1.54) is 7.11 Å². The highest BCUT2D eigenvalue weighted by molar-refractivity contribution is 5.60. The first kappa shape index (κ1) is 21.0. The van der Waals surface area contributed by atoms with Crippen molar-refractivity contribution in [3.05, 3.63) is 59.3 Å². The summed E-state index contributed by atoms with van der Waals surface area (Å²) in [5.74, 6) is 0.215. The Morgan fingerprint density at radius 3 is 2.63 bits per heavy atom. The fourth-order valence-corrected chi connectivity index (χ4v) is 4.35. The van der Waals surface area contributed by atoms with E-state index in [1.54, 1.807) is 18.2 Å². The molecule has 7 nitrogen and oxygen atoms in total. The number of benzene rings is 1. The molecule has 0 spiro atoms. The lowest BCUT2D eigenvalue weighted by Gasteiger charge is -2.45. The van der Waals surface area contributed by atoms with Gasteiger partial charge in [0.25, 0.3) is 0 Å². The van der Waals surface area contributed by atoms with Crippen LogP contribution in [0.4, 0.5) is 0 Å². The molecule has 7 heteroatoms. The van der Waals surface area contributed by atoms with Gasteiger partial charge in [-0.1, -0.05) is 24.8 Å². The number of nitrogens with two attached hydrogens (primary N) is 1. The van der Waals surface area contributed by atoms with Gasteiger partial charge in [0.1, 0.15) is 12.7 Å². The molecule has 1 aromatic rings. The molecule has 0 bridgehead atoms. The number of allylic oxidation sites excluding steroid dienone is 2. The standard InChI is InChI=1S/C23H23N5O2/c1-4-9-30-19-6-5-15(10-20(19)29-3)21-18-12-28(2)8-7-16(18)17(11-24)22(27)23(21,13-25)14-26/h4-7,10,18,21H,1,8-9,12,27H2,2-3H3/t18-,21-/m0/s1. The van der Waals surface area contributed by atoms with Crippen LogP contribution in [0.3, 0.4) is 0 Å². The summed E-state index contributed by atoms with van der Waals surface area (Å²) in [5, 5.41) is 30.0. The van der Waals surface area contributed by atoms with Crippen LogP contribution >= 0.6 is 0 Å². The first-order chi connectivity index (χ1) is 14.5. The SMILES string of the molecule is C=CCOc1ccc([C@H]2[C@H]3CN(C)CC=C3C(C#N)=C(N)C2(C#N)C#N)cc1OC. The number of hydrogen-bond donors (Lipinski definition) is 1. The fourth-order valence-electron chi connectivity index (χ4n) is 4.35. The van der Waals surface area contributed by atoms with Crippen molar-refractivity contribution in [2.24, 2.45) is 17.1 Å². The maximum Gasteiger partial charge on any atom is 0.191 e. The Morgan fingerprint density at radius 1 is 1.30 bits per heavy atom. The number of methoxy groups -OCH3 is 1. The zero-order valence-electron chi connectivity index (χ0n) is 17.1. The summed E-state index contributed by atoms with van der Waals surface area (Å²) in [5.41, 5.74) is 6.43. The molecule has 1 aliphatic carbocycles. The van der Waals surface area contributed by atoms with Gasteiger partial charge in [0.05, 0.1) is 30.5 Å². The van der Waals surface area contributed by atoms with Gasteiger partial charge in [0, 0.05) is 24.9 Å². The number of hydrogen-bond acceptors (Lipinski definition) is 7. The van der Waals surface area contributed by atoms with E-state index in [1.807, 2.05) is 19.2 Å². The number of fused-ring (bicyclic) bond motifs is 1. The molecule has 0 aromatic heterocycles. The van der Waals surface area contributed by atoms with Crippen molar-refractivity contribution in [1.82, 2.24) is 4.90 Å². The molecular weight excluding hydrogens is 378 g/mol.